The minimum Gasteiger partial charge on any atom is -0.497 e. The summed E-state index contributed by atoms with van der Waals surface area (Å²) in [6.07, 6.45) is 2.27. The van der Waals surface area contributed by atoms with Crippen LogP contribution in [-0.2, 0) is 24.4 Å². The van der Waals surface area contributed by atoms with Crippen LogP contribution in [0.1, 0.15) is 20.7 Å². The zero-order valence-electron chi connectivity index (χ0n) is 27.0. The normalized spacial score (nSPS) is 11.4. The van der Waals surface area contributed by atoms with E-state index in [1.165, 1.54) is 100 Å². The summed E-state index contributed by atoms with van der Waals surface area (Å²) in [7, 11) is -3.96. The zero-order chi connectivity index (χ0) is 37.1. The molecule has 0 saturated heterocycles. The van der Waals surface area contributed by atoms with Crippen LogP contribution < -0.4 is 20.3 Å². The Balaban J connectivity index is 0.000000198. The van der Waals surface area contributed by atoms with E-state index in [1.54, 1.807) is 0 Å². The fourth-order valence-corrected chi connectivity index (χ4v) is 7.57. The van der Waals surface area contributed by atoms with Crippen LogP contribution >= 0.6 is 0 Å². The van der Waals surface area contributed by atoms with Crippen molar-refractivity contribution in [3.8, 4) is 11.5 Å². The number of hydrogen-bond acceptors (Lipinski definition) is 11. The molecule has 2 heterocycles. The van der Waals surface area contributed by atoms with Crippen molar-refractivity contribution in [3.63, 3.8) is 0 Å². The molecule has 6 rings (SSSR count). The molecule has 4 aromatic carbocycles. The highest BCUT2D eigenvalue weighted by Crippen LogP contribution is 2.24. The number of hydrogen-bond donors (Lipinski definition) is 3. The van der Waals surface area contributed by atoms with Crippen LogP contribution in [0.3, 0.4) is 0 Å². The minimum atomic E-state index is -4.07. The number of rotatable bonds is 8. The second-order valence-electron chi connectivity index (χ2n) is 10.6. The molecule has 0 spiro atoms. The summed E-state index contributed by atoms with van der Waals surface area (Å²) in [6.45, 7) is 0. The van der Waals surface area contributed by atoms with Crippen LogP contribution in [0.2, 0.25) is 0 Å². The van der Waals surface area contributed by atoms with Gasteiger partial charge >= 0.3 is 11.9 Å². The van der Waals surface area contributed by atoms with Crippen molar-refractivity contribution >= 4 is 53.4 Å². The van der Waals surface area contributed by atoms with Crippen LogP contribution in [0.25, 0.3) is 21.8 Å². The Morgan fingerprint density at radius 1 is 0.588 bits per heavy atom. The van der Waals surface area contributed by atoms with Crippen LogP contribution in [0.4, 0.5) is 0 Å². The SMILES string of the molecule is COC(=O)c1ccc2[nH]cc(S(=O)(=O)c3ccc(OC)cc3)c(=O)c2c1.COc1ccc(S(=O)(=O)c2c[nH]c3ccc(C(=O)O)cc3c2=O)cc1. The number of H-pyrrole nitrogens is 2. The average molecular weight is 733 g/mol. The van der Waals surface area contributed by atoms with E-state index >= 15 is 0 Å². The number of methoxy groups -OCH3 is 3. The Labute approximate surface area is 289 Å². The van der Waals surface area contributed by atoms with Crippen LogP contribution in [0.5, 0.6) is 11.5 Å². The smallest absolute Gasteiger partial charge is 0.337 e. The van der Waals surface area contributed by atoms with Crippen molar-refractivity contribution in [3.05, 3.63) is 129 Å². The second kappa shape index (κ2) is 14.3. The number of aromatic amines is 2. The number of pyridine rings is 2. The van der Waals surface area contributed by atoms with Gasteiger partial charge in [-0.15, -0.1) is 0 Å². The van der Waals surface area contributed by atoms with E-state index in [9.17, 15) is 36.0 Å². The maximum absolute atomic E-state index is 12.8. The van der Waals surface area contributed by atoms with E-state index in [4.69, 9.17) is 14.6 Å². The minimum absolute atomic E-state index is 0.00510. The standard InChI is InChI=1S/C18H15NO6S.C17H13NO6S/c1-24-12-4-6-13(7-5-12)26(22,23)16-10-19-15-8-3-11(18(21)25-2)9-14(15)17(16)20;1-24-11-3-5-12(6-4-11)25(22,23)15-9-18-14-7-2-10(17(20)21)8-13(14)16(15)19/h3-10H,1-2H3,(H,19,20);2-9H,1H3,(H,18,19)(H,20,21). The monoisotopic (exact) mass is 732 g/mol. The van der Waals surface area contributed by atoms with Gasteiger partial charge in [0.2, 0.25) is 30.5 Å². The summed E-state index contributed by atoms with van der Waals surface area (Å²) < 4.78 is 65.7. The third kappa shape index (κ3) is 7.08. The van der Waals surface area contributed by atoms with E-state index in [0.717, 1.165) is 18.5 Å². The van der Waals surface area contributed by atoms with Gasteiger partial charge in [0.25, 0.3) is 0 Å². The molecule has 0 saturated carbocycles. The largest absolute Gasteiger partial charge is 0.497 e. The molecular weight excluding hydrogens is 705 g/mol. The molecule has 51 heavy (non-hydrogen) atoms. The van der Waals surface area contributed by atoms with Crippen molar-refractivity contribution in [1.29, 1.82) is 0 Å². The molecule has 3 N–H and O–H groups in total. The quantitative estimate of drug-likeness (QED) is 0.188. The lowest BCUT2D eigenvalue weighted by Crippen LogP contribution is -2.16. The molecule has 0 atom stereocenters. The Kier molecular flexibility index (Phi) is 10.1. The average Bonchev–Trinajstić information content (AvgIpc) is 3.14. The lowest BCUT2D eigenvalue weighted by Gasteiger charge is -2.07. The van der Waals surface area contributed by atoms with E-state index in [2.05, 4.69) is 14.7 Å². The van der Waals surface area contributed by atoms with Gasteiger partial charge in [0.05, 0.1) is 42.2 Å². The molecule has 0 bridgehead atoms. The van der Waals surface area contributed by atoms with Gasteiger partial charge in [0.15, 0.2) is 0 Å². The molecule has 0 fully saturated rings. The van der Waals surface area contributed by atoms with Crippen molar-refractivity contribution in [2.75, 3.05) is 21.3 Å². The highest BCUT2D eigenvalue weighted by molar-refractivity contribution is 7.91. The molecule has 0 aliphatic carbocycles. The molecule has 0 aliphatic heterocycles. The van der Waals surface area contributed by atoms with E-state index < -0.39 is 52.3 Å². The first-order valence-corrected chi connectivity index (χ1v) is 17.6. The lowest BCUT2D eigenvalue weighted by atomic mass is 10.1. The van der Waals surface area contributed by atoms with Gasteiger partial charge in [-0.3, -0.25) is 9.59 Å². The number of fused-ring (bicyclic) bond motifs is 2. The first kappa shape index (κ1) is 36.0. The highest BCUT2D eigenvalue weighted by atomic mass is 32.2. The number of esters is 1. The summed E-state index contributed by atoms with van der Waals surface area (Å²) >= 11 is 0. The fourth-order valence-electron chi connectivity index (χ4n) is 4.94. The Morgan fingerprint density at radius 3 is 1.35 bits per heavy atom. The first-order valence-electron chi connectivity index (χ1n) is 14.6. The Hall–Kier alpha value is -6.26. The van der Waals surface area contributed by atoms with E-state index in [0.29, 0.717) is 22.5 Å². The summed E-state index contributed by atoms with van der Waals surface area (Å²) in [4.78, 5) is 52.7. The summed E-state index contributed by atoms with van der Waals surface area (Å²) in [5.41, 5.74) is -0.630. The fraction of sp³-hybridized carbons (Fsp3) is 0.0857. The van der Waals surface area contributed by atoms with Gasteiger partial charge < -0.3 is 29.3 Å². The number of benzene rings is 4. The van der Waals surface area contributed by atoms with Gasteiger partial charge in [-0.1, -0.05) is 0 Å². The Morgan fingerprint density at radius 2 is 0.980 bits per heavy atom. The molecule has 0 radical (unpaired) electrons. The molecule has 0 aliphatic rings. The number of sulfone groups is 2. The molecule has 14 nitrogen and oxygen atoms in total. The second-order valence-corrected chi connectivity index (χ2v) is 14.5. The number of carbonyl (C=O) groups is 2. The molecule has 16 heteroatoms. The number of carboxylic acid groups (broad SMARTS) is 1. The summed E-state index contributed by atoms with van der Waals surface area (Å²) in [5.74, 6) is -0.837. The topological polar surface area (TPSA) is 216 Å². The van der Waals surface area contributed by atoms with Gasteiger partial charge in [0.1, 0.15) is 21.3 Å². The predicted octanol–water partition coefficient (Wildman–Crippen LogP) is 4.22. The Bertz CT molecular complexity index is 2650. The maximum Gasteiger partial charge on any atom is 0.337 e. The number of aromatic carboxylic acids is 1. The lowest BCUT2D eigenvalue weighted by molar-refractivity contribution is 0.0600. The van der Waals surface area contributed by atoms with Crippen molar-refractivity contribution < 1.29 is 45.7 Å². The number of nitrogens with one attached hydrogen (secondary N) is 2. The molecule has 0 unspecified atom stereocenters. The van der Waals surface area contributed by atoms with Gasteiger partial charge in [-0.25, -0.2) is 26.4 Å². The number of carboxylic acids is 1. The summed E-state index contributed by atoms with van der Waals surface area (Å²) in [5, 5.41) is 9.13. The van der Waals surface area contributed by atoms with Gasteiger partial charge in [0, 0.05) is 34.2 Å². The van der Waals surface area contributed by atoms with Crippen molar-refractivity contribution in [2.45, 2.75) is 19.6 Å². The number of carbonyl (C=O) groups excluding carboxylic acids is 1. The van der Waals surface area contributed by atoms with Gasteiger partial charge in [-0.05, 0) is 84.9 Å². The molecule has 0 amide bonds. The zero-order valence-corrected chi connectivity index (χ0v) is 28.6. The van der Waals surface area contributed by atoms with Crippen LogP contribution in [-0.4, -0.2) is 65.2 Å². The summed E-state index contributed by atoms with van der Waals surface area (Å²) in [6, 6.07) is 19.6. The molecular formula is C35H28N2O12S2. The third-order valence-corrected chi connectivity index (χ3v) is 11.2. The predicted molar refractivity (Wildman–Crippen MR) is 184 cm³/mol. The third-order valence-electron chi connectivity index (χ3n) is 7.68. The van der Waals surface area contributed by atoms with Gasteiger partial charge in [-0.2, -0.15) is 0 Å². The molecule has 6 aromatic rings. The molecule has 2 aromatic heterocycles. The van der Waals surface area contributed by atoms with Crippen LogP contribution in [0, 0.1) is 0 Å². The first-order chi connectivity index (χ1) is 24.2. The van der Waals surface area contributed by atoms with Crippen molar-refractivity contribution in [2.24, 2.45) is 0 Å². The maximum atomic E-state index is 12.8. The number of aromatic nitrogens is 2. The number of ether oxygens (including phenoxy) is 3. The van der Waals surface area contributed by atoms with Crippen LogP contribution in [0.15, 0.2) is 126 Å². The molecule has 262 valence electrons. The van der Waals surface area contributed by atoms with E-state index in [1.807, 2.05) is 0 Å². The van der Waals surface area contributed by atoms with E-state index in [-0.39, 0.29) is 31.7 Å². The highest BCUT2D eigenvalue weighted by Gasteiger charge is 2.24. The van der Waals surface area contributed by atoms with Crippen molar-refractivity contribution in [1.82, 2.24) is 9.97 Å².